The van der Waals surface area contributed by atoms with Crippen LogP contribution < -0.4 is 11.1 Å². The van der Waals surface area contributed by atoms with Gasteiger partial charge in [-0.3, -0.25) is 4.79 Å². The van der Waals surface area contributed by atoms with E-state index in [-0.39, 0.29) is 11.5 Å². The van der Waals surface area contributed by atoms with Gasteiger partial charge in [0.05, 0.1) is 18.4 Å². The van der Waals surface area contributed by atoms with Crippen molar-refractivity contribution in [2.24, 2.45) is 5.73 Å². The number of amides is 1. The van der Waals surface area contributed by atoms with Crippen LogP contribution in [-0.4, -0.2) is 24.2 Å². The topological polar surface area (TPSA) is 77.5 Å². The van der Waals surface area contributed by atoms with Crippen molar-refractivity contribution >= 4 is 5.91 Å². The molecule has 0 aromatic carbocycles. The largest absolute Gasteiger partial charge is 0.467 e. The van der Waals surface area contributed by atoms with Gasteiger partial charge < -0.3 is 20.2 Å². The molecule has 1 aliphatic rings. The van der Waals surface area contributed by atoms with Crippen LogP contribution in [0.25, 0.3) is 0 Å². The number of nitrogens with two attached hydrogens (primary N) is 1. The molecule has 3 N–H and O–H groups in total. The van der Waals surface area contributed by atoms with Gasteiger partial charge in [-0.1, -0.05) is 25.7 Å². The van der Waals surface area contributed by atoms with Crippen LogP contribution in [0.5, 0.6) is 0 Å². The predicted octanol–water partition coefficient (Wildman–Crippen LogP) is 2.35. The van der Waals surface area contributed by atoms with E-state index in [9.17, 15) is 4.79 Å². The zero-order valence-corrected chi connectivity index (χ0v) is 12.8. The standard InChI is InChI=1S/C16H26N2O3/c1-13(15(19)18-11-14-7-6-10-20-14)21-16(12-17)8-4-2-3-5-9-16/h6-7,10,13H,2-5,8-9,11-12,17H2,1H3,(H,18,19). The molecule has 1 amide bonds. The van der Waals surface area contributed by atoms with Crippen LogP contribution in [0, 0.1) is 0 Å². The second-order valence-corrected chi connectivity index (χ2v) is 5.86. The molecule has 1 aliphatic carbocycles. The van der Waals surface area contributed by atoms with Gasteiger partial charge in [0.25, 0.3) is 0 Å². The normalized spacial score (nSPS) is 19.7. The van der Waals surface area contributed by atoms with Gasteiger partial charge in [0.15, 0.2) is 0 Å². The molecule has 0 saturated heterocycles. The van der Waals surface area contributed by atoms with Gasteiger partial charge >= 0.3 is 0 Å². The molecule has 1 unspecified atom stereocenters. The van der Waals surface area contributed by atoms with Crippen molar-refractivity contribution in [3.63, 3.8) is 0 Å². The molecule has 1 aromatic heterocycles. The van der Waals surface area contributed by atoms with E-state index in [2.05, 4.69) is 5.32 Å². The highest BCUT2D eigenvalue weighted by molar-refractivity contribution is 5.80. The fourth-order valence-corrected chi connectivity index (χ4v) is 2.90. The van der Waals surface area contributed by atoms with Crippen LogP contribution in [-0.2, 0) is 16.1 Å². The Hall–Kier alpha value is -1.33. The van der Waals surface area contributed by atoms with Gasteiger partial charge in [-0.15, -0.1) is 0 Å². The van der Waals surface area contributed by atoms with E-state index in [1.54, 1.807) is 19.3 Å². The van der Waals surface area contributed by atoms with Gasteiger partial charge in [-0.25, -0.2) is 0 Å². The lowest BCUT2D eigenvalue weighted by molar-refractivity contribution is -0.146. The van der Waals surface area contributed by atoms with Gasteiger partial charge in [-0.05, 0) is 31.9 Å². The highest BCUT2D eigenvalue weighted by atomic mass is 16.5. The van der Waals surface area contributed by atoms with E-state index < -0.39 is 6.10 Å². The monoisotopic (exact) mass is 294 g/mol. The van der Waals surface area contributed by atoms with Crippen molar-refractivity contribution in [1.82, 2.24) is 5.32 Å². The van der Waals surface area contributed by atoms with Crippen LogP contribution in [0.2, 0.25) is 0 Å². The predicted molar refractivity (Wildman–Crippen MR) is 80.6 cm³/mol. The average Bonchev–Trinajstić information content (AvgIpc) is 2.90. The van der Waals surface area contributed by atoms with Gasteiger partial charge in [0, 0.05) is 6.54 Å². The van der Waals surface area contributed by atoms with Crippen molar-refractivity contribution in [1.29, 1.82) is 0 Å². The minimum absolute atomic E-state index is 0.122. The van der Waals surface area contributed by atoms with E-state index >= 15 is 0 Å². The molecule has 0 bridgehead atoms. The molecule has 21 heavy (non-hydrogen) atoms. The van der Waals surface area contributed by atoms with E-state index in [1.165, 1.54) is 12.8 Å². The average molecular weight is 294 g/mol. The summed E-state index contributed by atoms with van der Waals surface area (Å²) in [6, 6.07) is 3.63. The van der Waals surface area contributed by atoms with Crippen LogP contribution in [0.15, 0.2) is 22.8 Å². The molecule has 5 nitrogen and oxygen atoms in total. The Morgan fingerprint density at radius 2 is 2.14 bits per heavy atom. The van der Waals surface area contributed by atoms with E-state index in [0.717, 1.165) is 31.4 Å². The Labute approximate surface area is 126 Å². The lowest BCUT2D eigenvalue weighted by Gasteiger charge is -2.34. The van der Waals surface area contributed by atoms with E-state index in [0.29, 0.717) is 13.1 Å². The summed E-state index contributed by atoms with van der Waals surface area (Å²) in [4.78, 5) is 12.1. The Balaban J connectivity index is 1.85. The second kappa shape index (κ2) is 7.61. The fourth-order valence-electron chi connectivity index (χ4n) is 2.90. The Morgan fingerprint density at radius 3 is 2.71 bits per heavy atom. The highest BCUT2D eigenvalue weighted by Gasteiger charge is 2.33. The summed E-state index contributed by atoms with van der Waals surface area (Å²) in [6.45, 7) is 2.65. The summed E-state index contributed by atoms with van der Waals surface area (Å²) in [7, 11) is 0. The quantitative estimate of drug-likeness (QED) is 0.790. The smallest absolute Gasteiger partial charge is 0.249 e. The first-order valence-electron chi connectivity index (χ1n) is 7.83. The highest BCUT2D eigenvalue weighted by Crippen LogP contribution is 2.30. The summed E-state index contributed by atoms with van der Waals surface area (Å²) >= 11 is 0. The molecule has 0 radical (unpaired) electrons. The molecule has 1 heterocycles. The molecule has 2 rings (SSSR count). The molecule has 1 fully saturated rings. The molecular formula is C16H26N2O3. The summed E-state index contributed by atoms with van der Waals surface area (Å²) in [5.41, 5.74) is 5.60. The number of hydrogen-bond donors (Lipinski definition) is 2. The molecule has 1 atom stereocenters. The zero-order valence-electron chi connectivity index (χ0n) is 12.8. The summed E-state index contributed by atoms with van der Waals surface area (Å²) in [5, 5.41) is 2.83. The number of carbonyl (C=O) groups excluding carboxylic acids is 1. The lowest BCUT2D eigenvalue weighted by Crippen LogP contribution is -2.46. The maximum absolute atomic E-state index is 12.1. The van der Waals surface area contributed by atoms with Gasteiger partial charge in [-0.2, -0.15) is 0 Å². The first-order valence-corrected chi connectivity index (χ1v) is 7.83. The van der Waals surface area contributed by atoms with Crippen molar-refractivity contribution in [3.8, 4) is 0 Å². The molecule has 1 saturated carbocycles. The number of carbonyl (C=O) groups is 1. The summed E-state index contributed by atoms with van der Waals surface area (Å²) in [6.07, 6.45) is 7.68. The number of rotatable bonds is 6. The Morgan fingerprint density at radius 1 is 1.43 bits per heavy atom. The van der Waals surface area contributed by atoms with Gasteiger partial charge in [0.2, 0.25) is 5.91 Å². The molecule has 0 spiro atoms. The zero-order chi connectivity index (χ0) is 15.1. The van der Waals surface area contributed by atoms with E-state index in [1.807, 2.05) is 6.07 Å². The third-order valence-corrected chi connectivity index (χ3v) is 4.20. The lowest BCUT2D eigenvalue weighted by atomic mass is 9.94. The maximum Gasteiger partial charge on any atom is 0.249 e. The first kappa shape index (κ1) is 16.0. The van der Waals surface area contributed by atoms with Gasteiger partial charge in [0.1, 0.15) is 11.9 Å². The minimum Gasteiger partial charge on any atom is -0.467 e. The minimum atomic E-state index is -0.499. The Kier molecular flexibility index (Phi) is 5.82. The molecule has 1 aromatic rings. The van der Waals surface area contributed by atoms with E-state index in [4.69, 9.17) is 14.9 Å². The van der Waals surface area contributed by atoms with Crippen LogP contribution in [0.4, 0.5) is 0 Å². The third-order valence-electron chi connectivity index (χ3n) is 4.20. The first-order chi connectivity index (χ1) is 10.2. The number of nitrogens with one attached hydrogen (secondary N) is 1. The molecular weight excluding hydrogens is 268 g/mol. The fraction of sp³-hybridized carbons (Fsp3) is 0.688. The van der Waals surface area contributed by atoms with Crippen LogP contribution >= 0.6 is 0 Å². The second-order valence-electron chi connectivity index (χ2n) is 5.86. The third kappa shape index (κ3) is 4.58. The maximum atomic E-state index is 12.1. The summed E-state index contributed by atoms with van der Waals surface area (Å²) in [5.74, 6) is 0.613. The Bertz CT molecular complexity index is 423. The number of hydrogen-bond acceptors (Lipinski definition) is 4. The van der Waals surface area contributed by atoms with Crippen molar-refractivity contribution in [3.05, 3.63) is 24.2 Å². The molecule has 5 heteroatoms. The van der Waals surface area contributed by atoms with Crippen LogP contribution in [0.3, 0.4) is 0 Å². The van der Waals surface area contributed by atoms with Crippen molar-refractivity contribution in [2.75, 3.05) is 6.54 Å². The molecule has 0 aliphatic heterocycles. The SMILES string of the molecule is CC(OC1(CN)CCCCCC1)C(=O)NCc1ccco1. The number of furan rings is 1. The summed E-state index contributed by atoms with van der Waals surface area (Å²) < 4.78 is 11.3. The van der Waals surface area contributed by atoms with Crippen LogP contribution in [0.1, 0.15) is 51.2 Å². The number of ether oxygens (including phenoxy) is 1. The molecule has 118 valence electrons. The van der Waals surface area contributed by atoms with Crippen molar-refractivity contribution in [2.45, 2.75) is 63.7 Å². The van der Waals surface area contributed by atoms with Crippen molar-refractivity contribution < 1.29 is 13.9 Å².